The van der Waals surface area contributed by atoms with Crippen LogP contribution in [-0.2, 0) is 0 Å². The van der Waals surface area contributed by atoms with Gasteiger partial charge >= 0.3 is 0 Å². The molecule has 0 saturated heterocycles. The Balaban J connectivity index is 2.09. The van der Waals surface area contributed by atoms with Gasteiger partial charge in [-0.15, -0.1) is 0 Å². The van der Waals surface area contributed by atoms with Crippen molar-refractivity contribution in [3.8, 4) is 0 Å². The van der Waals surface area contributed by atoms with Gasteiger partial charge in [0, 0.05) is 25.1 Å². The molecule has 1 aromatic heterocycles. The average Bonchev–Trinajstić information content (AvgIpc) is 2.64. The second-order valence-corrected chi connectivity index (χ2v) is 5.38. The zero-order chi connectivity index (χ0) is 16.9. The molecule has 0 aliphatic heterocycles. The molecule has 0 unspecified atom stereocenters. The molecule has 5 nitrogen and oxygen atoms in total. The Bertz CT molecular complexity index is 837. The van der Waals surface area contributed by atoms with Gasteiger partial charge in [-0.05, 0) is 24.3 Å². The van der Waals surface area contributed by atoms with Gasteiger partial charge in [0.1, 0.15) is 0 Å². The van der Waals surface area contributed by atoms with Crippen molar-refractivity contribution in [2.75, 3.05) is 11.9 Å². The Morgan fingerprint density at radius 3 is 2.25 bits per heavy atom. The second-order valence-electron chi connectivity index (χ2n) is 4.97. The second kappa shape index (κ2) is 7.10. The summed E-state index contributed by atoms with van der Waals surface area (Å²) in [6, 6.07) is 17.1. The maximum absolute atomic E-state index is 11.7. The van der Waals surface area contributed by atoms with Gasteiger partial charge in [0.2, 0.25) is 5.95 Å². The number of para-hydroxylation sites is 2. The fraction of sp³-hybridized carbons (Fsp3) is 0.0556. The zero-order valence-electron chi connectivity index (χ0n) is 13.0. The van der Waals surface area contributed by atoms with E-state index in [2.05, 4.69) is 15.3 Å². The Kier molecular flexibility index (Phi) is 4.72. The van der Waals surface area contributed by atoms with Crippen LogP contribution in [0.2, 0.25) is 5.02 Å². The molecule has 0 aliphatic carbocycles. The number of rotatable bonds is 4. The summed E-state index contributed by atoms with van der Waals surface area (Å²) in [4.78, 5) is 22.2. The molecule has 6 heteroatoms. The SMILES string of the molecule is CNC(=O)c1cnc(N(c2ccccc2)c2ccccc2Cl)nc1. The van der Waals surface area contributed by atoms with Crippen molar-refractivity contribution in [2.45, 2.75) is 0 Å². The van der Waals surface area contributed by atoms with E-state index in [1.165, 1.54) is 12.4 Å². The quantitative estimate of drug-likeness (QED) is 0.782. The van der Waals surface area contributed by atoms with Crippen LogP contribution in [0.3, 0.4) is 0 Å². The first-order chi connectivity index (χ1) is 11.7. The third kappa shape index (κ3) is 3.21. The monoisotopic (exact) mass is 338 g/mol. The van der Waals surface area contributed by atoms with E-state index in [9.17, 15) is 4.79 Å². The number of amides is 1. The van der Waals surface area contributed by atoms with E-state index in [1.807, 2.05) is 59.5 Å². The summed E-state index contributed by atoms with van der Waals surface area (Å²) in [5.41, 5.74) is 2.03. The molecule has 0 atom stereocenters. The molecule has 3 aromatic rings. The molecule has 0 spiro atoms. The number of carbonyl (C=O) groups is 1. The highest BCUT2D eigenvalue weighted by Crippen LogP contribution is 2.36. The first-order valence-electron chi connectivity index (χ1n) is 7.34. The Morgan fingerprint density at radius 2 is 1.62 bits per heavy atom. The summed E-state index contributed by atoms with van der Waals surface area (Å²) in [5.74, 6) is 0.201. The highest BCUT2D eigenvalue weighted by molar-refractivity contribution is 6.33. The van der Waals surface area contributed by atoms with Crippen LogP contribution >= 0.6 is 11.6 Å². The van der Waals surface area contributed by atoms with Gasteiger partial charge in [0.25, 0.3) is 5.91 Å². The number of nitrogens with one attached hydrogen (secondary N) is 1. The molecule has 2 aromatic carbocycles. The molecule has 1 heterocycles. The van der Waals surface area contributed by atoms with Crippen molar-refractivity contribution in [2.24, 2.45) is 0 Å². The summed E-state index contributed by atoms with van der Waals surface area (Å²) in [6.45, 7) is 0. The Morgan fingerprint density at radius 1 is 1.00 bits per heavy atom. The van der Waals surface area contributed by atoms with Crippen LogP contribution in [0.25, 0.3) is 0 Å². The topological polar surface area (TPSA) is 58.1 Å². The van der Waals surface area contributed by atoms with Crippen molar-refractivity contribution in [1.29, 1.82) is 0 Å². The molecule has 0 radical (unpaired) electrons. The number of nitrogens with zero attached hydrogens (tertiary/aromatic N) is 3. The van der Waals surface area contributed by atoms with Gasteiger partial charge in [-0.1, -0.05) is 41.9 Å². The van der Waals surface area contributed by atoms with Gasteiger partial charge in [0.15, 0.2) is 0 Å². The van der Waals surface area contributed by atoms with E-state index in [-0.39, 0.29) is 5.91 Å². The van der Waals surface area contributed by atoms with Crippen molar-refractivity contribution in [1.82, 2.24) is 15.3 Å². The molecular weight excluding hydrogens is 324 g/mol. The first kappa shape index (κ1) is 16.0. The number of benzene rings is 2. The van der Waals surface area contributed by atoms with Crippen molar-refractivity contribution < 1.29 is 4.79 Å². The molecule has 0 aliphatic rings. The number of halogens is 1. The molecule has 3 rings (SSSR count). The number of carbonyl (C=O) groups excluding carboxylic acids is 1. The smallest absolute Gasteiger partial charge is 0.254 e. The van der Waals surface area contributed by atoms with E-state index in [0.29, 0.717) is 16.5 Å². The fourth-order valence-corrected chi connectivity index (χ4v) is 2.49. The summed E-state index contributed by atoms with van der Waals surface area (Å²) in [6.07, 6.45) is 2.99. The normalized spacial score (nSPS) is 10.2. The maximum atomic E-state index is 11.7. The third-order valence-corrected chi connectivity index (χ3v) is 3.75. The predicted molar refractivity (Wildman–Crippen MR) is 95.1 cm³/mol. The average molecular weight is 339 g/mol. The van der Waals surface area contributed by atoms with E-state index >= 15 is 0 Å². The van der Waals surface area contributed by atoms with Gasteiger partial charge < -0.3 is 5.32 Å². The lowest BCUT2D eigenvalue weighted by molar-refractivity contribution is 0.0962. The Hall–Kier alpha value is -2.92. The minimum Gasteiger partial charge on any atom is -0.355 e. The molecule has 1 amide bonds. The van der Waals surface area contributed by atoms with Crippen molar-refractivity contribution >= 4 is 34.8 Å². The molecule has 0 saturated carbocycles. The molecule has 24 heavy (non-hydrogen) atoms. The molecule has 120 valence electrons. The molecule has 0 fully saturated rings. The largest absolute Gasteiger partial charge is 0.355 e. The van der Waals surface area contributed by atoms with Crippen LogP contribution in [0, 0.1) is 0 Å². The van der Waals surface area contributed by atoms with Crippen LogP contribution in [0.5, 0.6) is 0 Å². The molecular formula is C18H15ClN4O. The fourth-order valence-electron chi connectivity index (χ4n) is 2.27. The minimum atomic E-state index is -0.231. The van der Waals surface area contributed by atoms with Crippen molar-refractivity contribution in [3.63, 3.8) is 0 Å². The Labute approximate surface area is 144 Å². The molecule has 0 bridgehead atoms. The summed E-state index contributed by atoms with van der Waals surface area (Å²) in [5, 5.41) is 3.13. The lowest BCUT2D eigenvalue weighted by Gasteiger charge is -2.23. The van der Waals surface area contributed by atoms with Gasteiger partial charge in [-0.25, -0.2) is 9.97 Å². The minimum absolute atomic E-state index is 0.231. The lowest BCUT2D eigenvalue weighted by Crippen LogP contribution is -2.19. The summed E-state index contributed by atoms with van der Waals surface area (Å²) in [7, 11) is 1.57. The highest BCUT2D eigenvalue weighted by atomic mass is 35.5. The predicted octanol–water partition coefficient (Wildman–Crippen LogP) is 3.96. The van der Waals surface area contributed by atoms with Crippen molar-refractivity contribution in [3.05, 3.63) is 77.6 Å². The first-order valence-corrected chi connectivity index (χ1v) is 7.72. The van der Waals surface area contributed by atoms with Gasteiger partial charge in [-0.3, -0.25) is 9.69 Å². The maximum Gasteiger partial charge on any atom is 0.254 e. The number of aromatic nitrogens is 2. The van der Waals surface area contributed by atoms with Crippen LogP contribution in [0.15, 0.2) is 67.0 Å². The standard InChI is InChI=1S/C18H15ClN4O/c1-20-17(24)13-11-21-18(22-12-13)23(14-7-3-2-4-8-14)16-10-6-5-9-15(16)19/h2-12H,1H3,(H,20,24). The number of hydrogen-bond donors (Lipinski definition) is 1. The summed E-state index contributed by atoms with van der Waals surface area (Å²) < 4.78 is 0. The van der Waals surface area contributed by atoms with Crippen LogP contribution in [0.1, 0.15) is 10.4 Å². The van der Waals surface area contributed by atoms with E-state index < -0.39 is 0 Å². The van der Waals surface area contributed by atoms with Crippen LogP contribution in [-0.4, -0.2) is 22.9 Å². The van der Waals surface area contributed by atoms with Crippen LogP contribution < -0.4 is 10.2 Å². The van der Waals surface area contributed by atoms with Gasteiger partial charge in [-0.2, -0.15) is 0 Å². The number of anilines is 3. The van der Waals surface area contributed by atoms with Gasteiger partial charge in [0.05, 0.1) is 16.3 Å². The lowest BCUT2D eigenvalue weighted by atomic mass is 10.2. The third-order valence-electron chi connectivity index (χ3n) is 3.44. The van der Waals surface area contributed by atoms with E-state index in [1.54, 1.807) is 7.05 Å². The molecule has 1 N–H and O–H groups in total. The number of hydrogen-bond acceptors (Lipinski definition) is 4. The highest BCUT2D eigenvalue weighted by Gasteiger charge is 2.17. The van der Waals surface area contributed by atoms with E-state index in [4.69, 9.17) is 11.6 Å². The zero-order valence-corrected chi connectivity index (χ0v) is 13.7. The van der Waals surface area contributed by atoms with E-state index in [0.717, 1.165) is 11.4 Å². The van der Waals surface area contributed by atoms with Crippen LogP contribution in [0.4, 0.5) is 17.3 Å². The summed E-state index contributed by atoms with van der Waals surface area (Å²) >= 11 is 6.36.